The molecule has 1 aromatic rings. The van der Waals surface area contributed by atoms with Crippen LogP contribution in [0.25, 0.3) is 0 Å². The number of nitrogens with two attached hydrogens (primary N) is 1. The summed E-state index contributed by atoms with van der Waals surface area (Å²) in [5.41, 5.74) is 6.34. The predicted octanol–water partition coefficient (Wildman–Crippen LogP) is 1.06. The van der Waals surface area contributed by atoms with E-state index in [1.807, 2.05) is 28.8 Å². The molecule has 2 heterocycles. The molecule has 5 nitrogen and oxygen atoms in total. The lowest BCUT2D eigenvalue weighted by Gasteiger charge is -2.31. The van der Waals surface area contributed by atoms with Crippen molar-refractivity contribution in [2.45, 2.75) is 10.9 Å². The number of thiocarbonyl (C=S) groups is 1. The summed E-state index contributed by atoms with van der Waals surface area (Å²) in [7, 11) is 1.65. The first-order valence-electron chi connectivity index (χ1n) is 6.27. The maximum Gasteiger partial charge on any atom is 0.237 e. The first kappa shape index (κ1) is 13.5. The van der Waals surface area contributed by atoms with Crippen molar-refractivity contribution in [3.05, 3.63) is 18.2 Å². The van der Waals surface area contributed by atoms with Gasteiger partial charge >= 0.3 is 0 Å². The van der Waals surface area contributed by atoms with E-state index >= 15 is 0 Å². The van der Waals surface area contributed by atoms with E-state index in [2.05, 4.69) is 11.0 Å². The van der Waals surface area contributed by atoms with Crippen LogP contribution >= 0.6 is 24.0 Å². The molecule has 1 atom stereocenters. The lowest BCUT2D eigenvalue weighted by Crippen LogP contribution is -2.39. The van der Waals surface area contributed by atoms with Crippen molar-refractivity contribution in [3.8, 4) is 5.75 Å². The lowest BCUT2D eigenvalue weighted by molar-refractivity contribution is -0.118. The Balaban J connectivity index is 1.94. The fourth-order valence-electron chi connectivity index (χ4n) is 2.59. The molecule has 0 saturated carbocycles. The van der Waals surface area contributed by atoms with Gasteiger partial charge < -0.3 is 20.3 Å². The van der Waals surface area contributed by atoms with Gasteiger partial charge in [0.15, 0.2) is 5.11 Å². The molecule has 106 valence electrons. The summed E-state index contributed by atoms with van der Waals surface area (Å²) in [6.07, 6.45) is 0. The van der Waals surface area contributed by atoms with Crippen LogP contribution < -0.4 is 15.4 Å². The maximum absolute atomic E-state index is 11.1. The van der Waals surface area contributed by atoms with Crippen molar-refractivity contribution in [2.75, 3.05) is 30.9 Å². The maximum atomic E-state index is 11.1. The SMILES string of the molecule is COc1ccc2c(c1)N1C(=S)N(CC(N)=O)CC1CS2. The Morgan fingerprint density at radius 2 is 2.40 bits per heavy atom. The van der Waals surface area contributed by atoms with Gasteiger partial charge in [-0.2, -0.15) is 0 Å². The molecule has 1 fully saturated rings. The van der Waals surface area contributed by atoms with Gasteiger partial charge in [0, 0.05) is 23.3 Å². The van der Waals surface area contributed by atoms with Gasteiger partial charge in [-0.3, -0.25) is 4.79 Å². The van der Waals surface area contributed by atoms with Gasteiger partial charge in [-0.1, -0.05) is 0 Å². The number of carbonyl (C=O) groups is 1. The van der Waals surface area contributed by atoms with Crippen molar-refractivity contribution in [1.29, 1.82) is 0 Å². The summed E-state index contributed by atoms with van der Waals surface area (Å²) in [4.78, 5) is 16.3. The molecule has 2 N–H and O–H groups in total. The van der Waals surface area contributed by atoms with Crippen LogP contribution in [0.5, 0.6) is 5.75 Å². The van der Waals surface area contributed by atoms with Crippen LogP contribution in [0.2, 0.25) is 0 Å². The number of primary amides is 1. The second-order valence-electron chi connectivity index (χ2n) is 4.80. The molecule has 1 aromatic carbocycles. The Morgan fingerprint density at radius 1 is 1.60 bits per heavy atom. The van der Waals surface area contributed by atoms with E-state index in [4.69, 9.17) is 22.7 Å². The third-order valence-corrected chi connectivity index (χ3v) is 5.14. The van der Waals surface area contributed by atoms with Crippen molar-refractivity contribution < 1.29 is 9.53 Å². The summed E-state index contributed by atoms with van der Waals surface area (Å²) in [5, 5.41) is 0.670. The van der Waals surface area contributed by atoms with Crippen LogP contribution in [0.15, 0.2) is 23.1 Å². The van der Waals surface area contributed by atoms with Crippen molar-refractivity contribution >= 4 is 40.7 Å². The normalized spacial score (nSPS) is 20.6. The number of ether oxygens (including phenoxy) is 1. The Labute approximate surface area is 127 Å². The van der Waals surface area contributed by atoms with Crippen LogP contribution in [0, 0.1) is 0 Å². The molecule has 0 aromatic heterocycles. The minimum Gasteiger partial charge on any atom is -0.497 e. The molecule has 0 aliphatic carbocycles. The highest BCUT2D eigenvalue weighted by atomic mass is 32.2. The molecule has 0 bridgehead atoms. The van der Waals surface area contributed by atoms with Gasteiger partial charge in [-0.15, -0.1) is 11.8 Å². The van der Waals surface area contributed by atoms with Gasteiger partial charge in [0.1, 0.15) is 5.75 Å². The minimum atomic E-state index is -0.356. The summed E-state index contributed by atoms with van der Waals surface area (Å²) < 4.78 is 5.29. The number of benzene rings is 1. The molecule has 0 radical (unpaired) electrons. The number of carbonyl (C=O) groups excluding carboxylic acids is 1. The number of hydrogen-bond donors (Lipinski definition) is 1. The van der Waals surface area contributed by atoms with Crippen LogP contribution in [-0.2, 0) is 4.79 Å². The van der Waals surface area contributed by atoms with E-state index in [9.17, 15) is 4.79 Å². The average Bonchev–Trinajstić information content (AvgIpc) is 2.74. The third-order valence-electron chi connectivity index (χ3n) is 3.48. The zero-order chi connectivity index (χ0) is 14.3. The van der Waals surface area contributed by atoms with Crippen molar-refractivity contribution in [2.24, 2.45) is 5.73 Å². The van der Waals surface area contributed by atoms with Crippen LogP contribution in [0.1, 0.15) is 0 Å². The molecule has 7 heteroatoms. The first-order chi connectivity index (χ1) is 9.60. The molecular formula is C13H15N3O2S2. The highest BCUT2D eigenvalue weighted by Gasteiger charge is 2.39. The van der Waals surface area contributed by atoms with Gasteiger partial charge in [-0.05, 0) is 24.4 Å². The number of methoxy groups -OCH3 is 1. The second kappa shape index (κ2) is 5.14. The van der Waals surface area contributed by atoms with E-state index in [1.165, 1.54) is 4.90 Å². The minimum absolute atomic E-state index is 0.176. The predicted molar refractivity (Wildman–Crippen MR) is 83.4 cm³/mol. The van der Waals surface area contributed by atoms with Gasteiger partial charge in [0.2, 0.25) is 5.91 Å². The molecule has 0 spiro atoms. The number of rotatable bonds is 3. The first-order valence-corrected chi connectivity index (χ1v) is 7.67. The number of hydrogen-bond acceptors (Lipinski definition) is 4. The number of anilines is 1. The fraction of sp³-hybridized carbons (Fsp3) is 0.385. The largest absolute Gasteiger partial charge is 0.497 e. The molecule has 3 rings (SSSR count). The molecule has 20 heavy (non-hydrogen) atoms. The highest BCUT2D eigenvalue weighted by Crippen LogP contribution is 2.42. The van der Waals surface area contributed by atoms with Crippen LogP contribution in [0.3, 0.4) is 0 Å². The Morgan fingerprint density at radius 3 is 3.10 bits per heavy atom. The van der Waals surface area contributed by atoms with E-state index in [1.54, 1.807) is 7.11 Å². The molecule has 1 unspecified atom stereocenters. The Hall–Kier alpha value is -1.47. The van der Waals surface area contributed by atoms with Crippen molar-refractivity contribution in [1.82, 2.24) is 4.90 Å². The summed E-state index contributed by atoms with van der Waals surface area (Å²) in [6.45, 7) is 0.918. The standard InChI is InChI=1S/C13H15N3O2S2/c1-18-9-2-3-11-10(4-9)16-8(7-20-11)5-15(13(16)19)6-12(14)17/h2-4,8H,5-7H2,1H3,(H2,14,17). The third kappa shape index (κ3) is 2.20. The number of amides is 1. The average molecular weight is 309 g/mol. The van der Waals surface area contributed by atoms with Gasteiger partial charge in [-0.25, -0.2) is 0 Å². The smallest absolute Gasteiger partial charge is 0.237 e. The topological polar surface area (TPSA) is 58.8 Å². The molecule has 2 aliphatic heterocycles. The molecule has 2 aliphatic rings. The van der Waals surface area contributed by atoms with E-state index in [0.717, 1.165) is 23.7 Å². The van der Waals surface area contributed by atoms with E-state index in [0.29, 0.717) is 5.11 Å². The molecular weight excluding hydrogens is 294 g/mol. The van der Waals surface area contributed by atoms with Gasteiger partial charge in [0.25, 0.3) is 0 Å². The summed E-state index contributed by atoms with van der Waals surface area (Å²) in [6, 6.07) is 6.28. The summed E-state index contributed by atoms with van der Waals surface area (Å²) >= 11 is 7.31. The zero-order valence-electron chi connectivity index (χ0n) is 11.0. The highest BCUT2D eigenvalue weighted by molar-refractivity contribution is 7.99. The Bertz CT molecular complexity index is 579. The molecule has 1 amide bonds. The summed E-state index contributed by atoms with van der Waals surface area (Å²) in [5.74, 6) is 1.40. The van der Waals surface area contributed by atoms with Gasteiger partial charge in [0.05, 0.1) is 25.4 Å². The van der Waals surface area contributed by atoms with Crippen LogP contribution in [0.4, 0.5) is 5.69 Å². The Kier molecular flexibility index (Phi) is 3.47. The zero-order valence-corrected chi connectivity index (χ0v) is 12.7. The number of thioether (sulfide) groups is 1. The van der Waals surface area contributed by atoms with Crippen molar-refractivity contribution in [3.63, 3.8) is 0 Å². The second-order valence-corrected chi connectivity index (χ2v) is 6.22. The van der Waals surface area contributed by atoms with E-state index < -0.39 is 0 Å². The monoisotopic (exact) mass is 309 g/mol. The van der Waals surface area contributed by atoms with Crippen LogP contribution in [-0.4, -0.2) is 47.9 Å². The number of nitrogens with zero attached hydrogens (tertiary/aromatic N) is 2. The number of fused-ring (bicyclic) bond motifs is 3. The fourth-order valence-corrected chi connectivity index (χ4v) is 4.07. The molecule has 1 saturated heterocycles. The van der Waals surface area contributed by atoms with E-state index in [-0.39, 0.29) is 18.5 Å². The quantitative estimate of drug-likeness (QED) is 0.843. The lowest BCUT2D eigenvalue weighted by atomic mass is 10.2.